The molecular weight excluding hydrogens is 482 g/mol. The second-order valence-electron chi connectivity index (χ2n) is 9.75. The summed E-state index contributed by atoms with van der Waals surface area (Å²) in [7, 11) is 1.68. The van der Waals surface area contributed by atoms with Crippen LogP contribution >= 0.6 is 11.5 Å². The molecule has 0 bridgehead atoms. The van der Waals surface area contributed by atoms with Crippen molar-refractivity contribution in [3.8, 4) is 5.75 Å². The van der Waals surface area contributed by atoms with Gasteiger partial charge in [0, 0.05) is 63.8 Å². The summed E-state index contributed by atoms with van der Waals surface area (Å²) >= 11 is 1.44. The van der Waals surface area contributed by atoms with Crippen molar-refractivity contribution in [1.82, 2.24) is 19.2 Å². The Balaban J connectivity index is 1.11. The van der Waals surface area contributed by atoms with E-state index < -0.39 is 0 Å². The summed E-state index contributed by atoms with van der Waals surface area (Å²) in [6.45, 7) is 6.03. The number of piperidine rings is 1. The van der Waals surface area contributed by atoms with Gasteiger partial charge in [-0.3, -0.25) is 9.69 Å². The van der Waals surface area contributed by atoms with Crippen molar-refractivity contribution in [2.45, 2.75) is 19.3 Å². The molecule has 1 unspecified atom stereocenters. The summed E-state index contributed by atoms with van der Waals surface area (Å²) < 4.78 is 9.92. The van der Waals surface area contributed by atoms with Crippen molar-refractivity contribution in [1.29, 1.82) is 0 Å². The van der Waals surface area contributed by atoms with Gasteiger partial charge in [-0.1, -0.05) is 54.6 Å². The van der Waals surface area contributed by atoms with Crippen molar-refractivity contribution >= 4 is 28.6 Å². The number of hydrogen-bond donors (Lipinski definition) is 0. The average Bonchev–Trinajstić information content (AvgIpc) is 3.42. The van der Waals surface area contributed by atoms with Crippen molar-refractivity contribution in [2.24, 2.45) is 5.92 Å². The first-order chi connectivity index (χ1) is 18.2. The first kappa shape index (κ1) is 25.4. The highest BCUT2D eigenvalue weighted by Gasteiger charge is 2.32. The largest absolute Gasteiger partial charge is 0.497 e. The second kappa shape index (κ2) is 12.3. The quantitative estimate of drug-likeness (QED) is 0.446. The molecule has 0 saturated carbocycles. The predicted molar refractivity (Wildman–Crippen MR) is 149 cm³/mol. The zero-order valence-electron chi connectivity index (χ0n) is 21.5. The number of carbonyl (C=O) groups excluding carboxylic acids is 1. The van der Waals surface area contributed by atoms with Gasteiger partial charge in [-0.05, 0) is 36.1 Å². The van der Waals surface area contributed by atoms with Crippen molar-refractivity contribution < 1.29 is 9.53 Å². The summed E-state index contributed by atoms with van der Waals surface area (Å²) in [5.41, 5.74) is 2.35. The number of nitrogens with zero attached hydrogens (tertiary/aromatic N) is 5. The van der Waals surface area contributed by atoms with Gasteiger partial charge in [0.2, 0.25) is 11.0 Å². The minimum atomic E-state index is 0.0315. The molecule has 3 aromatic rings. The molecule has 1 atom stereocenters. The third-order valence-electron chi connectivity index (χ3n) is 7.15. The lowest BCUT2D eigenvalue weighted by atomic mass is 9.96. The number of methoxy groups -OCH3 is 1. The molecule has 37 heavy (non-hydrogen) atoms. The normalized spacial score (nSPS) is 18.9. The lowest BCUT2D eigenvalue weighted by Crippen LogP contribution is -2.52. The van der Waals surface area contributed by atoms with E-state index in [-0.39, 0.29) is 5.92 Å². The second-order valence-corrected chi connectivity index (χ2v) is 10.5. The minimum absolute atomic E-state index is 0.0315. The number of aromatic nitrogens is 2. The topological polar surface area (TPSA) is 61.8 Å². The van der Waals surface area contributed by atoms with E-state index in [1.807, 2.05) is 24.3 Å². The SMILES string of the molecule is COc1cccc(Cc2nsc(N3CCCC(C(=O)N4CCN(CC=Cc5ccccc5)CC4)C3)n2)c1. The van der Waals surface area contributed by atoms with E-state index in [1.54, 1.807) is 7.11 Å². The maximum absolute atomic E-state index is 13.4. The molecule has 2 aliphatic rings. The predicted octanol–water partition coefficient (Wildman–Crippen LogP) is 4.21. The van der Waals surface area contributed by atoms with Crippen LogP contribution in [0.15, 0.2) is 60.7 Å². The van der Waals surface area contributed by atoms with Gasteiger partial charge in [-0.2, -0.15) is 4.37 Å². The van der Waals surface area contributed by atoms with Gasteiger partial charge in [-0.25, -0.2) is 4.98 Å². The van der Waals surface area contributed by atoms with Gasteiger partial charge in [0.05, 0.1) is 13.0 Å². The third kappa shape index (κ3) is 6.76. The lowest BCUT2D eigenvalue weighted by molar-refractivity contribution is -0.137. The van der Waals surface area contributed by atoms with Gasteiger partial charge >= 0.3 is 0 Å². The van der Waals surface area contributed by atoms with Crippen LogP contribution in [0.1, 0.15) is 29.8 Å². The van der Waals surface area contributed by atoms with Crippen LogP contribution in [-0.2, 0) is 11.2 Å². The molecule has 7 nitrogen and oxygen atoms in total. The molecule has 8 heteroatoms. The number of rotatable bonds is 8. The Morgan fingerprint density at radius 1 is 1.08 bits per heavy atom. The zero-order chi connectivity index (χ0) is 25.5. The highest BCUT2D eigenvalue weighted by molar-refractivity contribution is 7.09. The summed E-state index contributed by atoms with van der Waals surface area (Å²) in [5.74, 6) is 1.99. The number of anilines is 1. The van der Waals surface area contributed by atoms with Crippen LogP contribution in [0.3, 0.4) is 0 Å². The fourth-order valence-electron chi connectivity index (χ4n) is 5.07. The molecule has 194 valence electrons. The molecule has 0 aliphatic carbocycles. The van der Waals surface area contributed by atoms with E-state index in [9.17, 15) is 4.79 Å². The van der Waals surface area contributed by atoms with E-state index in [2.05, 4.69) is 61.6 Å². The molecule has 0 N–H and O–H groups in total. The van der Waals surface area contributed by atoms with Crippen molar-refractivity contribution in [2.75, 3.05) is 57.8 Å². The first-order valence-electron chi connectivity index (χ1n) is 13.1. The minimum Gasteiger partial charge on any atom is -0.497 e. The maximum atomic E-state index is 13.4. The van der Waals surface area contributed by atoms with E-state index in [1.165, 1.54) is 17.1 Å². The molecule has 2 aromatic carbocycles. The molecule has 2 aliphatic heterocycles. The highest BCUT2D eigenvalue weighted by Crippen LogP contribution is 2.27. The van der Waals surface area contributed by atoms with Crippen LogP contribution in [-0.4, -0.2) is 78.0 Å². The van der Waals surface area contributed by atoms with Crippen LogP contribution in [0.4, 0.5) is 5.13 Å². The Morgan fingerprint density at radius 3 is 2.73 bits per heavy atom. The van der Waals surface area contributed by atoms with Gasteiger partial charge < -0.3 is 14.5 Å². The Bertz CT molecular complexity index is 1190. The van der Waals surface area contributed by atoms with E-state index in [0.717, 1.165) is 80.9 Å². The third-order valence-corrected chi connectivity index (χ3v) is 7.97. The van der Waals surface area contributed by atoms with Crippen LogP contribution in [0, 0.1) is 5.92 Å². The monoisotopic (exact) mass is 517 g/mol. The summed E-state index contributed by atoms with van der Waals surface area (Å²) in [6, 6.07) is 18.4. The molecule has 2 fully saturated rings. The van der Waals surface area contributed by atoms with Gasteiger partial charge in [0.1, 0.15) is 11.6 Å². The van der Waals surface area contributed by atoms with Crippen molar-refractivity contribution in [3.05, 3.63) is 77.6 Å². The summed E-state index contributed by atoms with van der Waals surface area (Å²) in [6.07, 6.45) is 7.02. The van der Waals surface area contributed by atoms with Gasteiger partial charge in [0.15, 0.2) is 0 Å². The maximum Gasteiger partial charge on any atom is 0.227 e. The molecule has 1 amide bonds. The number of hydrogen-bond acceptors (Lipinski definition) is 7. The Kier molecular flexibility index (Phi) is 8.48. The zero-order valence-corrected chi connectivity index (χ0v) is 22.3. The standard InChI is InChI=1S/C29H35N5O2S/c1-36-26-13-5-10-24(20-26)21-27-30-29(37-31-27)34-15-7-12-25(22-34)28(35)33-18-16-32(17-19-33)14-6-11-23-8-3-2-4-9-23/h2-6,8-11,13,20,25H,7,12,14-19,21-22H2,1H3. The van der Waals surface area contributed by atoms with Crippen LogP contribution < -0.4 is 9.64 Å². The molecule has 0 radical (unpaired) electrons. The Morgan fingerprint density at radius 2 is 1.92 bits per heavy atom. The fourth-order valence-corrected chi connectivity index (χ4v) is 5.79. The smallest absolute Gasteiger partial charge is 0.227 e. The number of ether oxygens (including phenoxy) is 1. The lowest BCUT2D eigenvalue weighted by Gasteiger charge is -2.38. The molecule has 2 saturated heterocycles. The molecule has 0 spiro atoms. The first-order valence-corrected chi connectivity index (χ1v) is 13.9. The van der Waals surface area contributed by atoms with Gasteiger partial charge in [-0.15, -0.1) is 0 Å². The summed E-state index contributed by atoms with van der Waals surface area (Å²) in [4.78, 5) is 24.9. The van der Waals surface area contributed by atoms with Crippen LogP contribution in [0.2, 0.25) is 0 Å². The number of carbonyl (C=O) groups is 1. The average molecular weight is 518 g/mol. The van der Waals surface area contributed by atoms with E-state index >= 15 is 0 Å². The number of piperazine rings is 1. The van der Waals surface area contributed by atoms with E-state index in [4.69, 9.17) is 9.72 Å². The molecular formula is C29H35N5O2S. The molecule has 5 rings (SSSR count). The fraction of sp³-hybridized carbons (Fsp3) is 0.414. The van der Waals surface area contributed by atoms with Gasteiger partial charge in [0.25, 0.3) is 0 Å². The van der Waals surface area contributed by atoms with E-state index in [0.29, 0.717) is 12.3 Å². The highest BCUT2D eigenvalue weighted by atomic mass is 32.1. The van der Waals surface area contributed by atoms with Crippen LogP contribution in [0.25, 0.3) is 6.08 Å². The van der Waals surface area contributed by atoms with Crippen molar-refractivity contribution in [3.63, 3.8) is 0 Å². The number of benzene rings is 2. The molecule has 1 aromatic heterocycles. The number of amides is 1. The molecule has 3 heterocycles. The Hall–Kier alpha value is -3.23. The summed E-state index contributed by atoms with van der Waals surface area (Å²) in [5, 5.41) is 0.922. The van der Waals surface area contributed by atoms with Crippen LogP contribution in [0.5, 0.6) is 5.75 Å². The Labute approximate surface area is 223 Å².